The van der Waals surface area contributed by atoms with Crippen LogP contribution in [0, 0.1) is 6.92 Å². The second-order valence-corrected chi connectivity index (χ2v) is 10.3. The number of aryl methyl sites for hydroxylation is 2. The minimum absolute atomic E-state index is 0.0869. The number of alkyl halides is 2. The van der Waals surface area contributed by atoms with Gasteiger partial charge in [0.05, 0.1) is 35.3 Å². The van der Waals surface area contributed by atoms with Crippen molar-refractivity contribution < 1.29 is 13.6 Å². The first-order chi connectivity index (χ1) is 17.7. The molecular formula is C28H30F2N6O. The van der Waals surface area contributed by atoms with E-state index in [0.717, 1.165) is 50.5 Å². The van der Waals surface area contributed by atoms with Crippen molar-refractivity contribution in [3.05, 3.63) is 53.7 Å². The lowest BCUT2D eigenvalue weighted by Crippen LogP contribution is -2.38. The summed E-state index contributed by atoms with van der Waals surface area (Å²) in [6.45, 7) is 5.45. The molecule has 1 atom stereocenters. The maximum absolute atomic E-state index is 14.2. The number of benzene rings is 1. The summed E-state index contributed by atoms with van der Waals surface area (Å²) in [7, 11) is 1.88. The first kappa shape index (κ1) is 23.8. The molecule has 1 aromatic carbocycles. The molecule has 0 N–H and O–H groups in total. The third kappa shape index (κ3) is 4.10. The smallest absolute Gasteiger partial charge is 0.248 e. The van der Waals surface area contributed by atoms with Crippen molar-refractivity contribution in [3.8, 4) is 22.5 Å². The number of halogens is 2. The SMILES string of the molecule is CCC(=O)N1CCn2c(C3CCC(F)(F)C3)nc(-c3cccc4nc(-c5cnn(C)c5)c(C)cc34)c2C1. The number of nitrogens with zero attached hydrogens (tertiary/aromatic N) is 6. The number of carbonyl (C=O) groups excluding carboxylic acids is 1. The predicted molar refractivity (Wildman–Crippen MR) is 137 cm³/mol. The Labute approximate surface area is 214 Å². The van der Waals surface area contributed by atoms with Crippen molar-refractivity contribution in [2.24, 2.45) is 7.05 Å². The monoisotopic (exact) mass is 504 g/mol. The van der Waals surface area contributed by atoms with Gasteiger partial charge in [0.1, 0.15) is 5.82 Å². The van der Waals surface area contributed by atoms with E-state index in [9.17, 15) is 13.6 Å². The number of amides is 1. The highest BCUT2D eigenvalue weighted by Crippen LogP contribution is 2.46. The summed E-state index contributed by atoms with van der Waals surface area (Å²) in [6.07, 6.45) is 4.32. The first-order valence-electron chi connectivity index (χ1n) is 12.9. The lowest BCUT2D eigenvalue weighted by atomic mass is 10.00. The van der Waals surface area contributed by atoms with Crippen LogP contribution in [0.3, 0.4) is 0 Å². The third-order valence-corrected chi connectivity index (χ3v) is 7.74. The van der Waals surface area contributed by atoms with Gasteiger partial charge in [0, 0.05) is 68.0 Å². The molecular weight excluding hydrogens is 474 g/mol. The molecule has 1 saturated carbocycles. The zero-order valence-electron chi connectivity index (χ0n) is 21.3. The molecule has 192 valence electrons. The van der Waals surface area contributed by atoms with E-state index >= 15 is 0 Å². The normalized spacial score (nSPS) is 18.9. The average molecular weight is 505 g/mol. The van der Waals surface area contributed by atoms with Crippen LogP contribution in [0.2, 0.25) is 0 Å². The van der Waals surface area contributed by atoms with Crippen molar-refractivity contribution in [2.75, 3.05) is 6.54 Å². The fraction of sp³-hybridized carbons (Fsp3) is 0.429. The molecule has 0 saturated heterocycles. The van der Waals surface area contributed by atoms with Crippen LogP contribution in [-0.2, 0) is 24.9 Å². The van der Waals surface area contributed by atoms with Crippen LogP contribution in [-0.4, -0.2) is 47.6 Å². The van der Waals surface area contributed by atoms with Crippen LogP contribution in [0.1, 0.15) is 55.6 Å². The molecule has 1 fully saturated rings. The minimum Gasteiger partial charge on any atom is -0.335 e. The molecule has 4 heterocycles. The lowest BCUT2D eigenvalue weighted by molar-refractivity contribution is -0.132. The molecule has 3 aromatic heterocycles. The van der Waals surface area contributed by atoms with Crippen LogP contribution in [0.25, 0.3) is 33.4 Å². The van der Waals surface area contributed by atoms with Crippen LogP contribution < -0.4 is 0 Å². The summed E-state index contributed by atoms with van der Waals surface area (Å²) in [5.74, 6) is -2.13. The molecule has 0 spiro atoms. The maximum atomic E-state index is 14.2. The molecule has 6 rings (SSSR count). The second kappa shape index (κ2) is 8.75. The number of rotatable bonds is 4. The highest BCUT2D eigenvalue weighted by Gasteiger charge is 2.43. The van der Waals surface area contributed by atoms with Gasteiger partial charge in [-0.3, -0.25) is 9.48 Å². The molecule has 7 nitrogen and oxygen atoms in total. The van der Waals surface area contributed by atoms with E-state index in [1.54, 1.807) is 10.9 Å². The number of aromatic nitrogens is 5. The maximum Gasteiger partial charge on any atom is 0.248 e. The van der Waals surface area contributed by atoms with E-state index in [1.165, 1.54) is 0 Å². The molecule has 9 heteroatoms. The van der Waals surface area contributed by atoms with Crippen LogP contribution in [0.15, 0.2) is 36.7 Å². The number of fused-ring (bicyclic) bond motifs is 2. The molecule has 0 bridgehead atoms. The fourth-order valence-electron chi connectivity index (χ4n) is 5.87. The molecule has 2 aliphatic rings. The molecule has 1 aliphatic carbocycles. The summed E-state index contributed by atoms with van der Waals surface area (Å²) in [5.41, 5.74) is 6.26. The van der Waals surface area contributed by atoms with Gasteiger partial charge in [0.15, 0.2) is 0 Å². The Morgan fingerprint density at radius 1 is 1.19 bits per heavy atom. The van der Waals surface area contributed by atoms with Crippen molar-refractivity contribution in [2.45, 2.75) is 64.5 Å². The Kier molecular flexibility index (Phi) is 5.62. The van der Waals surface area contributed by atoms with E-state index in [0.29, 0.717) is 32.5 Å². The highest BCUT2D eigenvalue weighted by molar-refractivity contribution is 5.96. The van der Waals surface area contributed by atoms with Crippen LogP contribution >= 0.6 is 0 Å². The van der Waals surface area contributed by atoms with Crippen molar-refractivity contribution >= 4 is 16.8 Å². The molecule has 1 aliphatic heterocycles. The quantitative estimate of drug-likeness (QED) is 0.370. The summed E-state index contributed by atoms with van der Waals surface area (Å²) < 4.78 is 32.2. The average Bonchev–Trinajstić information content (AvgIpc) is 3.58. The molecule has 1 unspecified atom stereocenters. The first-order valence-corrected chi connectivity index (χ1v) is 12.9. The summed E-state index contributed by atoms with van der Waals surface area (Å²) in [4.78, 5) is 24.4. The minimum atomic E-state index is -2.65. The summed E-state index contributed by atoms with van der Waals surface area (Å²) in [6, 6.07) is 8.07. The standard InChI is InChI=1S/C28H30F2N6O/c1-4-24(37)35-10-11-36-23(16-35)26(33-27(36)18-8-9-28(29,30)13-18)20-6-5-7-22-21(20)12-17(2)25(32-22)19-14-31-34(3)15-19/h5-7,12,14-15,18H,4,8-11,13,16H2,1-3H3. The number of hydrogen-bond acceptors (Lipinski definition) is 4. The van der Waals surface area contributed by atoms with Crippen molar-refractivity contribution in [1.82, 2.24) is 29.2 Å². The van der Waals surface area contributed by atoms with Gasteiger partial charge in [-0.15, -0.1) is 0 Å². The zero-order chi connectivity index (χ0) is 25.9. The van der Waals surface area contributed by atoms with E-state index < -0.39 is 5.92 Å². The molecule has 4 aromatic rings. The van der Waals surface area contributed by atoms with Gasteiger partial charge >= 0.3 is 0 Å². The molecule has 0 radical (unpaired) electrons. The van der Waals surface area contributed by atoms with Gasteiger partial charge in [-0.1, -0.05) is 19.1 Å². The van der Waals surface area contributed by atoms with Crippen molar-refractivity contribution in [1.29, 1.82) is 0 Å². The van der Waals surface area contributed by atoms with Gasteiger partial charge in [-0.25, -0.2) is 18.7 Å². The van der Waals surface area contributed by atoms with Crippen LogP contribution in [0.4, 0.5) is 8.78 Å². The van der Waals surface area contributed by atoms with E-state index in [4.69, 9.17) is 9.97 Å². The van der Waals surface area contributed by atoms with Crippen molar-refractivity contribution in [3.63, 3.8) is 0 Å². The number of carbonyl (C=O) groups is 1. The zero-order valence-corrected chi connectivity index (χ0v) is 21.3. The van der Waals surface area contributed by atoms with Gasteiger partial charge in [0.2, 0.25) is 11.8 Å². The molecule has 1 amide bonds. The summed E-state index contributed by atoms with van der Waals surface area (Å²) in [5, 5.41) is 5.24. The third-order valence-electron chi connectivity index (χ3n) is 7.74. The van der Waals surface area contributed by atoms with Gasteiger partial charge in [0.25, 0.3) is 0 Å². The van der Waals surface area contributed by atoms with Gasteiger partial charge < -0.3 is 9.47 Å². The Morgan fingerprint density at radius 3 is 2.73 bits per heavy atom. The second-order valence-electron chi connectivity index (χ2n) is 10.3. The van der Waals surface area contributed by atoms with E-state index in [-0.39, 0.29) is 24.7 Å². The topological polar surface area (TPSA) is 68.8 Å². The van der Waals surface area contributed by atoms with Crippen LogP contribution in [0.5, 0.6) is 0 Å². The Morgan fingerprint density at radius 2 is 2.03 bits per heavy atom. The Bertz CT molecular complexity index is 1520. The summed E-state index contributed by atoms with van der Waals surface area (Å²) >= 11 is 0. The number of imidazole rings is 1. The highest BCUT2D eigenvalue weighted by atomic mass is 19.3. The van der Waals surface area contributed by atoms with E-state index in [2.05, 4.69) is 15.7 Å². The fourth-order valence-corrected chi connectivity index (χ4v) is 5.87. The van der Waals surface area contributed by atoms with Gasteiger partial charge in [-0.2, -0.15) is 5.10 Å². The van der Waals surface area contributed by atoms with E-state index in [1.807, 2.05) is 50.2 Å². The van der Waals surface area contributed by atoms with Gasteiger partial charge in [-0.05, 0) is 31.0 Å². The Hall–Kier alpha value is -3.62. The predicted octanol–water partition coefficient (Wildman–Crippen LogP) is 5.46. The Balaban J connectivity index is 1.50. The number of pyridine rings is 1. The number of hydrogen-bond donors (Lipinski definition) is 0. The largest absolute Gasteiger partial charge is 0.335 e. The molecule has 37 heavy (non-hydrogen) atoms. The lowest BCUT2D eigenvalue weighted by Gasteiger charge is -2.30.